The van der Waals surface area contributed by atoms with Gasteiger partial charge in [-0.05, 0) is 39.3 Å². The summed E-state index contributed by atoms with van der Waals surface area (Å²) in [4.78, 5) is 4.27. The van der Waals surface area contributed by atoms with E-state index in [2.05, 4.69) is 17.2 Å². The fourth-order valence-corrected chi connectivity index (χ4v) is 1.70. The normalized spacial score (nSPS) is 12.4. The first-order valence-electron chi connectivity index (χ1n) is 7.46. The standard InChI is InChI=1S/C16H27N3O2.HI/c1-4-20-11-5-10-18-16(17)19-12-14(3)21-15-8-6-13(2)7-9-15;/h6-9,14H,4-5,10-12H2,1-3H3,(H3,17,18,19);1H. The van der Waals surface area contributed by atoms with Crippen LogP contribution in [0.4, 0.5) is 0 Å². The number of nitrogens with zero attached hydrogens (tertiary/aromatic N) is 1. The highest BCUT2D eigenvalue weighted by Crippen LogP contribution is 2.13. The Labute approximate surface area is 150 Å². The molecule has 126 valence electrons. The van der Waals surface area contributed by atoms with E-state index in [9.17, 15) is 0 Å². The monoisotopic (exact) mass is 421 g/mol. The molecule has 0 spiro atoms. The van der Waals surface area contributed by atoms with Gasteiger partial charge in [-0.3, -0.25) is 0 Å². The first kappa shape index (κ1) is 21.0. The van der Waals surface area contributed by atoms with E-state index in [0.717, 1.165) is 31.9 Å². The Morgan fingerprint density at radius 3 is 2.64 bits per heavy atom. The summed E-state index contributed by atoms with van der Waals surface area (Å²) in [7, 11) is 0. The van der Waals surface area contributed by atoms with Crippen LogP contribution in [-0.2, 0) is 4.74 Å². The maximum Gasteiger partial charge on any atom is 0.188 e. The van der Waals surface area contributed by atoms with Crippen molar-refractivity contribution in [2.45, 2.75) is 33.3 Å². The topological polar surface area (TPSA) is 68.9 Å². The molecule has 0 saturated heterocycles. The molecule has 0 bridgehead atoms. The van der Waals surface area contributed by atoms with Gasteiger partial charge in [-0.2, -0.15) is 0 Å². The zero-order valence-electron chi connectivity index (χ0n) is 13.7. The maximum atomic E-state index is 5.79. The average molecular weight is 421 g/mol. The van der Waals surface area contributed by atoms with E-state index < -0.39 is 0 Å². The van der Waals surface area contributed by atoms with E-state index in [0.29, 0.717) is 12.5 Å². The fraction of sp³-hybridized carbons (Fsp3) is 0.562. The van der Waals surface area contributed by atoms with Crippen LogP contribution in [0, 0.1) is 6.92 Å². The number of hydrogen-bond acceptors (Lipinski definition) is 3. The molecule has 0 heterocycles. The van der Waals surface area contributed by atoms with Crippen LogP contribution in [0.5, 0.6) is 5.75 Å². The van der Waals surface area contributed by atoms with Gasteiger partial charge >= 0.3 is 0 Å². The van der Waals surface area contributed by atoms with Crippen LogP contribution in [0.15, 0.2) is 29.3 Å². The lowest BCUT2D eigenvalue weighted by Gasteiger charge is -2.13. The van der Waals surface area contributed by atoms with Gasteiger partial charge in [0.1, 0.15) is 11.9 Å². The third kappa shape index (κ3) is 9.83. The molecule has 0 radical (unpaired) electrons. The highest BCUT2D eigenvalue weighted by Gasteiger charge is 2.03. The molecule has 0 aromatic heterocycles. The molecular weight excluding hydrogens is 393 g/mol. The molecule has 0 fully saturated rings. The lowest BCUT2D eigenvalue weighted by atomic mass is 10.2. The van der Waals surface area contributed by atoms with Crippen LogP contribution in [-0.4, -0.2) is 38.4 Å². The molecule has 0 aliphatic rings. The second kappa shape index (κ2) is 12.5. The second-order valence-corrected chi connectivity index (χ2v) is 4.94. The number of benzene rings is 1. The third-order valence-electron chi connectivity index (χ3n) is 2.85. The van der Waals surface area contributed by atoms with Crippen LogP contribution in [0.1, 0.15) is 25.8 Å². The first-order chi connectivity index (χ1) is 10.1. The Balaban J connectivity index is 0.00000441. The van der Waals surface area contributed by atoms with Crippen LogP contribution in [0.3, 0.4) is 0 Å². The number of rotatable bonds is 9. The summed E-state index contributed by atoms with van der Waals surface area (Å²) in [6.45, 7) is 8.79. The zero-order chi connectivity index (χ0) is 15.5. The Morgan fingerprint density at radius 2 is 2.00 bits per heavy atom. The van der Waals surface area contributed by atoms with Crippen LogP contribution >= 0.6 is 24.0 Å². The van der Waals surface area contributed by atoms with E-state index in [-0.39, 0.29) is 30.1 Å². The van der Waals surface area contributed by atoms with Crippen molar-refractivity contribution >= 4 is 29.9 Å². The molecule has 5 nitrogen and oxygen atoms in total. The molecule has 0 aliphatic carbocycles. The van der Waals surface area contributed by atoms with E-state index in [4.69, 9.17) is 15.2 Å². The summed E-state index contributed by atoms with van der Waals surface area (Å²) < 4.78 is 11.0. The van der Waals surface area contributed by atoms with Gasteiger partial charge in [-0.25, -0.2) is 4.99 Å². The zero-order valence-corrected chi connectivity index (χ0v) is 16.0. The first-order valence-corrected chi connectivity index (χ1v) is 7.46. The van der Waals surface area contributed by atoms with Crippen molar-refractivity contribution in [2.75, 3.05) is 26.3 Å². The summed E-state index contributed by atoms with van der Waals surface area (Å²) in [5, 5.41) is 3.06. The highest BCUT2D eigenvalue weighted by atomic mass is 127. The Bertz CT molecular complexity index is 424. The second-order valence-electron chi connectivity index (χ2n) is 4.94. The molecular formula is C16H28IN3O2. The van der Waals surface area contributed by atoms with Crippen molar-refractivity contribution in [1.82, 2.24) is 5.32 Å². The van der Waals surface area contributed by atoms with E-state index >= 15 is 0 Å². The number of ether oxygens (including phenoxy) is 2. The summed E-state index contributed by atoms with van der Waals surface area (Å²) in [5.74, 6) is 1.30. The SMILES string of the molecule is CCOCCCNC(N)=NCC(C)Oc1ccc(C)cc1.I. The average Bonchev–Trinajstić information content (AvgIpc) is 2.47. The molecule has 6 heteroatoms. The number of halogens is 1. The van der Waals surface area contributed by atoms with Crippen molar-refractivity contribution in [3.63, 3.8) is 0 Å². The molecule has 0 amide bonds. The Hall–Kier alpha value is -1.02. The van der Waals surface area contributed by atoms with E-state index in [1.807, 2.05) is 38.1 Å². The highest BCUT2D eigenvalue weighted by molar-refractivity contribution is 14.0. The summed E-state index contributed by atoms with van der Waals surface area (Å²) in [5.41, 5.74) is 7.01. The van der Waals surface area contributed by atoms with Gasteiger partial charge in [0.15, 0.2) is 5.96 Å². The van der Waals surface area contributed by atoms with Crippen molar-refractivity contribution < 1.29 is 9.47 Å². The molecule has 22 heavy (non-hydrogen) atoms. The Morgan fingerprint density at radius 1 is 1.32 bits per heavy atom. The number of nitrogens with one attached hydrogen (secondary N) is 1. The smallest absolute Gasteiger partial charge is 0.188 e. The fourth-order valence-electron chi connectivity index (χ4n) is 1.70. The summed E-state index contributed by atoms with van der Waals surface area (Å²) in [6, 6.07) is 7.98. The summed E-state index contributed by atoms with van der Waals surface area (Å²) in [6.07, 6.45) is 0.899. The van der Waals surface area contributed by atoms with E-state index in [1.54, 1.807) is 0 Å². The lowest BCUT2D eigenvalue weighted by molar-refractivity contribution is 0.145. The van der Waals surface area contributed by atoms with Crippen molar-refractivity contribution in [3.05, 3.63) is 29.8 Å². The number of guanidine groups is 1. The largest absolute Gasteiger partial charge is 0.489 e. The number of aliphatic imine (C=N–C) groups is 1. The van der Waals surface area contributed by atoms with Gasteiger partial charge in [0.05, 0.1) is 6.54 Å². The number of nitrogens with two attached hydrogens (primary N) is 1. The Kier molecular flexibility index (Phi) is 11.9. The van der Waals surface area contributed by atoms with E-state index in [1.165, 1.54) is 5.56 Å². The van der Waals surface area contributed by atoms with Gasteiger partial charge in [0.25, 0.3) is 0 Å². The van der Waals surface area contributed by atoms with Gasteiger partial charge in [-0.1, -0.05) is 17.7 Å². The molecule has 1 rings (SSSR count). The van der Waals surface area contributed by atoms with Crippen LogP contribution in [0.2, 0.25) is 0 Å². The van der Waals surface area contributed by atoms with Crippen molar-refractivity contribution in [3.8, 4) is 5.75 Å². The quantitative estimate of drug-likeness (QED) is 0.279. The molecule has 0 aliphatic heterocycles. The molecule has 1 atom stereocenters. The predicted octanol–water partition coefficient (Wildman–Crippen LogP) is 2.71. The molecule has 1 aromatic rings. The molecule has 1 aromatic carbocycles. The van der Waals surface area contributed by atoms with Crippen LogP contribution < -0.4 is 15.8 Å². The molecule has 3 N–H and O–H groups in total. The van der Waals surface area contributed by atoms with Crippen LogP contribution in [0.25, 0.3) is 0 Å². The lowest BCUT2D eigenvalue weighted by Crippen LogP contribution is -2.34. The van der Waals surface area contributed by atoms with Gasteiger partial charge in [0.2, 0.25) is 0 Å². The summed E-state index contributed by atoms with van der Waals surface area (Å²) >= 11 is 0. The third-order valence-corrected chi connectivity index (χ3v) is 2.85. The van der Waals surface area contributed by atoms with Crippen molar-refractivity contribution in [1.29, 1.82) is 0 Å². The van der Waals surface area contributed by atoms with Gasteiger partial charge in [0, 0.05) is 19.8 Å². The maximum absolute atomic E-state index is 5.79. The minimum absolute atomic E-state index is 0. The van der Waals surface area contributed by atoms with Gasteiger partial charge < -0.3 is 20.5 Å². The predicted molar refractivity (Wildman–Crippen MR) is 102 cm³/mol. The molecule has 1 unspecified atom stereocenters. The number of aryl methyl sites for hydroxylation is 1. The molecule has 0 saturated carbocycles. The van der Waals surface area contributed by atoms with Gasteiger partial charge in [-0.15, -0.1) is 24.0 Å². The minimum Gasteiger partial charge on any atom is -0.489 e. The van der Waals surface area contributed by atoms with Crippen molar-refractivity contribution in [2.24, 2.45) is 10.7 Å². The number of hydrogen-bond donors (Lipinski definition) is 2. The minimum atomic E-state index is -0.0171.